The second-order valence-electron chi connectivity index (χ2n) is 7.02. The van der Waals surface area contributed by atoms with Crippen molar-refractivity contribution in [1.82, 2.24) is 10.6 Å². The minimum Gasteiger partial charge on any atom is -0.312 e. The molecular formula is C15H30N2. The fourth-order valence-electron chi connectivity index (χ4n) is 3.85. The first-order chi connectivity index (χ1) is 7.99. The van der Waals surface area contributed by atoms with Crippen LogP contribution in [0.5, 0.6) is 0 Å². The molecule has 0 unspecified atom stereocenters. The normalized spacial score (nSPS) is 37.8. The van der Waals surface area contributed by atoms with Crippen LogP contribution in [0.15, 0.2) is 0 Å². The van der Waals surface area contributed by atoms with E-state index in [0.29, 0.717) is 12.1 Å². The number of rotatable bonds is 4. The van der Waals surface area contributed by atoms with Crippen molar-refractivity contribution >= 4 is 0 Å². The van der Waals surface area contributed by atoms with E-state index in [-0.39, 0.29) is 0 Å². The van der Waals surface area contributed by atoms with Crippen molar-refractivity contribution in [2.45, 2.75) is 90.4 Å². The summed E-state index contributed by atoms with van der Waals surface area (Å²) in [4.78, 5) is 0. The lowest BCUT2D eigenvalue weighted by atomic mass is 9.57. The van der Waals surface area contributed by atoms with Crippen LogP contribution in [0.25, 0.3) is 0 Å². The van der Waals surface area contributed by atoms with E-state index in [4.69, 9.17) is 0 Å². The molecule has 1 spiro atoms. The molecule has 2 aliphatic rings. The summed E-state index contributed by atoms with van der Waals surface area (Å²) in [5.41, 5.74) is 0.724. The molecule has 2 fully saturated rings. The first kappa shape index (κ1) is 13.4. The van der Waals surface area contributed by atoms with Crippen LogP contribution in [0.4, 0.5) is 0 Å². The first-order valence-electron chi connectivity index (χ1n) is 7.51. The highest BCUT2D eigenvalue weighted by Gasteiger charge is 2.45. The molecule has 2 N–H and O–H groups in total. The van der Waals surface area contributed by atoms with Crippen LogP contribution < -0.4 is 10.6 Å². The van der Waals surface area contributed by atoms with Gasteiger partial charge >= 0.3 is 0 Å². The average Bonchev–Trinajstić information content (AvgIpc) is 2.17. The van der Waals surface area contributed by atoms with Crippen LogP contribution in [-0.2, 0) is 0 Å². The highest BCUT2D eigenvalue weighted by molar-refractivity contribution is 5.01. The minimum atomic E-state index is 0.644. The molecule has 0 bridgehead atoms. The van der Waals surface area contributed by atoms with E-state index in [1.165, 1.54) is 38.5 Å². The van der Waals surface area contributed by atoms with Gasteiger partial charge in [0.25, 0.3) is 0 Å². The Hall–Kier alpha value is -0.0800. The molecule has 0 heterocycles. The van der Waals surface area contributed by atoms with Gasteiger partial charge in [0.1, 0.15) is 0 Å². The summed E-state index contributed by atoms with van der Waals surface area (Å²) in [5, 5.41) is 7.37. The smallest absolute Gasteiger partial charge is 0.00800 e. The molecule has 2 rings (SSSR count). The van der Waals surface area contributed by atoms with Crippen molar-refractivity contribution in [1.29, 1.82) is 0 Å². The lowest BCUT2D eigenvalue weighted by Gasteiger charge is -2.52. The summed E-state index contributed by atoms with van der Waals surface area (Å²) < 4.78 is 0. The SMILES string of the molecule is CC(C)NC1CCC2(CC1)CC(NC(C)C)C2. The van der Waals surface area contributed by atoms with Crippen molar-refractivity contribution < 1.29 is 0 Å². The Morgan fingerprint density at radius 1 is 0.824 bits per heavy atom. The molecule has 2 aliphatic carbocycles. The van der Waals surface area contributed by atoms with Crippen molar-refractivity contribution in [3.8, 4) is 0 Å². The molecular weight excluding hydrogens is 208 g/mol. The molecule has 0 saturated heterocycles. The van der Waals surface area contributed by atoms with Gasteiger partial charge in [-0.2, -0.15) is 0 Å². The van der Waals surface area contributed by atoms with Gasteiger partial charge in [-0.05, 0) is 43.9 Å². The Morgan fingerprint density at radius 2 is 1.29 bits per heavy atom. The predicted molar refractivity (Wildman–Crippen MR) is 74.3 cm³/mol. The molecule has 0 aromatic carbocycles. The minimum absolute atomic E-state index is 0.644. The third-order valence-corrected chi connectivity index (χ3v) is 4.54. The van der Waals surface area contributed by atoms with Crippen LogP contribution in [0.2, 0.25) is 0 Å². The molecule has 0 atom stereocenters. The quantitative estimate of drug-likeness (QED) is 0.786. The fourth-order valence-corrected chi connectivity index (χ4v) is 3.85. The van der Waals surface area contributed by atoms with Crippen LogP contribution >= 0.6 is 0 Å². The van der Waals surface area contributed by atoms with Gasteiger partial charge in [0.2, 0.25) is 0 Å². The van der Waals surface area contributed by atoms with Gasteiger partial charge in [-0.1, -0.05) is 27.7 Å². The van der Waals surface area contributed by atoms with Crippen LogP contribution in [0.3, 0.4) is 0 Å². The van der Waals surface area contributed by atoms with Gasteiger partial charge in [0.05, 0.1) is 0 Å². The van der Waals surface area contributed by atoms with E-state index in [1.807, 2.05) is 0 Å². The maximum Gasteiger partial charge on any atom is 0.00800 e. The van der Waals surface area contributed by atoms with E-state index >= 15 is 0 Å². The third-order valence-electron chi connectivity index (χ3n) is 4.54. The highest BCUT2D eigenvalue weighted by atomic mass is 15.0. The number of nitrogens with one attached hydrogen (secondary N) is 2. The maximum absolute atomic E-state index is 3.70. The molecule has 0 radical (unpaired) electrons. The van der Waals surface area contributed by atoms with Gasteiger partial charge < -0.3 is 10.6 Å². The summed E-state index contributed by atoms with van der Waals surface area (Å²) >= 11 is 0. The molecule has 0 aromatic rings. The van der Waals surface area contributed by atoms with E-state index in [9.17, 15) is 0 Å². The number of hydrogen-bond acceptors (Lipinski definition) is 2. The molecule has 0 aromatic heterocycles. The summed E-state index contributed by atoms with van der Waals surface area (Å²) in [6.07, 6.45) is 8.56. The van der Waals surface area contributed by atoms with Crippen molar-refractivity contribution in [2.75, 3.05) is 0 Å². The Kier molecular flexibility index (Phi) is 4.14. The van der Waals surface area contributed by atoms with Gasteiger partial charge in [0, 0.05) is 24.2 Å². The van der Waals surface area contributed by atoms with Crippen LogP contribution in [0, 0.1) is 5.41 Å². The summed E-state index contributed by atoms with van der Waals surface area (Å²) in [6.45, 7) is 9.04. The Bertz CT molecular complexity index is 231. The van der Waals surface area contributed by atoms with E-state index in [1.54, 1.807) is 0 Å². The zero-order valence-corrected chi connectivity index (χ0v) is 12.1. The number of hydrogen-bond donors (Lipinski definition) is 2. The van der Waals surface area contributed by atoms with Gasteiger partial charge in [0.15, 0.2) is 0 Å². The molecule has 0 amide bonds. The standard InChI is InChI=1S/C15H30N2/c1-11(2)16-13-5-7-15(8-6-13)9-14(10-15)17-12(3)4/h11-14,16-17H,5-10H2,1-4H3. The van der Waals surface area contributed by atoms with Crippen molar-refractivity contribution in [3.63, 3.8) is 0 Å². The molecule has 100 valence electrons. The van der Waals surface area contributed by atoms with E-state index in [2.05, 4.69) is 38.3 Å². The Labute approximate surface area is 107 Å². The Morgan fingerprint density at radius 3 is 1.76 bits per heavy atom. The molecule has 0 aliphatic heterocycles. The molecule has 2 nitrogen and oxygen atoms in total. The lowest BCUT2D eigenvalue weighted by Crippen LogP contribution is -2.53. The second kappa shape index (κ2) is 5.27. The first-order valence-corrected chi connectivity index (χ1v) is 7.51. The monoisotopic (exact) mass is 238 g/mol. The van der Waals surface area contributed by atoms with Crippen LogP contribution in [0.1, 0.15) is 66.2 Å². The lowest BCUT2D eigenvalue weighted by molar-refractivity contribution is 0.0249. The summed E-state index contributed by atoms with van der Waals surface area (Å²) in [7, 11) is 0. The van der Waals surface area contributed by atoms with Crippen LogP contribution in [-0.4, -0.2) is 24.2 Å². The summed E-state index contributed by atoms with van der Waals surface area (Å²) in [5.74, 6) is 0. The van der Waals surface area contributed by atoms with Gasteiger partial charge in [-0.3, -0.25) is 0 Å². The predicted octanol–water partition coefficient (Wildman–Crippen LogP) is 3.07. The van der Waals surface area contributed by atoms with Gasteiger partial charge in [-0.25, -0.2) is 0 Å². The topological polar surface area (TPSA) is 24.1 Å². The largest absolute Gasteiger partial charge is 0.312 e. The average molecular weight is 238 g/mol. The second-order valence-corrected chi connectivity index (χ2v) is 7.02. The zero-order valence-electron chi connectivity index (χ0n) is 12.1. The van der Waals surface area contributed by atoms with Gasteiger partial charge in [-0.15, -0.1) is 0 Å². The summed E-state index contributed by atoms with van der Waals surface area (Å²) in [6, 6.07) is 2.89. The molecule has 2 saturated carbocycles. The fraction of sp³-hybridized carbons (Fsp3) is 1.00. The van der Waals surface area contributed by atoms with E-state index < -0.39 is 0 Å². The van der Waals surface area contributed by atoms with Crippen molar-refractivity contribution in [3.05, 3.63) is 0 Å². The Balaban J connectivity index is 1.70. The van der Waals surface area contributed by atoms with E-state index in [0.717, 1.165) is 17.5 Å². The molecule has 2 heteroatoms. The highest BCUT2D eigenvalue weighted by Crippen LogP contribution is 2.51. The molecule has 17 heavy (non-hydrogen) atoms. The third kappa shape index (κ3) is 3.45. The van der Waals surface area contributed by atoms with Crippen molar-refractivity contribution in [2.24, 2.45) is 5.41 Å². The maximum atomic E-state index is 3.70. The zero-order chi connectivity index (χ0) is 12.5.